The molecule has 1 fully saturated rings. The van der Waals surface area contributed by atoms with Crippen LogP contribution in [0.25, 0.3) is 0 Å². The van der Waals surface area contributed by atoms with Gasteiger partial charge in [0.15, 0.2) is 0 Å². The maximum Gasteiger partial charge on any atom is 0.399 e. The molecule has 0 heterocycles. The van der Waals surface area contributed by atoms with E-state index in [1.807, 2.05) is 0 Å². The first kappa shape index (κ1) is 15.7. The van der Waals surface area contributed by atoms with E-state index in [-0.39, 0.29) is 12.6 Å². The summed E-state index contributed by atoms with van der Waals surface area (Å²) < 4.78 is 38.3. The molecule has 1 saturated carbocycles. The number of alkyl halides is 3. The van der Waals surface area contributed by atoms with Crippen LogP contribution in [0.3, 0.4) is 0 Å². The molecule has 0 saturated heterocycles. The minimum Gasteiger partial charge on any atom is -0.393 e. The Bertz CT molecular complexity index is 294. The van der Waals surface area contributed by atoms with E-state index in [1.54, 1.807) is 11.9 Å². The van der Waals surface area contributed by atoms with Crippen molar-refractivity contribution in [2.24, 2.45) is 17.6 Å². The standard InChI is InChI=1S/C12H21F3N2S/c1-8-4-3-5-9(6-8)17(2)7-10(11(16)18)12(13,14)15/h8-10H,3-7H2,1-2H3,(H2,16,18). The molecule has 106 valence electrons. The Morgan fingerprint density at radius 1 is 1.44 bits per heavy atom. The van der Waals surface area contributed by atoms with Crippen molar-refractivity contribution in [1.29, 1.82) is 0 Å². The molecule has 2 N–H and O–H groups in total. The zero-order chi connectivity index (χ0) is 13.9. The van der Waals surface area contributed by atoms with Crippen LogP contribution in [0.15, 0.2) is 0 Å². The van der Waals surface area contributed by atoms with Gasteiger partial charge in [0.2, 0.25) is 0 Å². The van der Waals surface area contributed by atoms with Crippen molar-refractivity contribution < 1.29 is 13.2 Å². The largest absolute Gasteiger partial charge is 0.399 e. The maximum atomic E-state index is 12.8. The van der Waals surface area contributed by atoms with Crippen LogP contribution in [-0.2, 0) is 0 Å². The molecule has 6 heteroatoms. The molecule has 0 aromatic heterocycles. The maximum absolute atomic E-state index is 12.8. The van der Waals surface area contributed by atoms with Crippen molar-refractivity contribution in [3.63, 3.8) is 0 Å². The Balaban J connectivity index is 2.61. The number of hydrogen-bond donors (Lipinski definition) is 1. The summed E-state index contributed by atoms with van der Waals surface area (Å²) in [6.07, 6.45) is -0.177. The van der Waals surface area contributed by atoms with E-state index in [0.29, 0.717) is 5.92 Å². The summed E-state index contributed by atoms with van der Waals surface area (Å²) in [7, 11) is 1.74. The summed E-state index contributed by atoms with van der Waals surface area (Å²) in [6, 6.07) is 0.216. The van der Waals surface area contributed by atoms with Crippen molar-refractivity contribution in [2.45, 2.75) is 44.8 Å². The van der Waals surface area contributed by atoms with Gasteiger partial charge in [0.1, 0.15) is 5.92 Å². The quantitative estimate of drug-likeness (QED) is 0.804. The molecule has 18 heavy (non-hydrogen) atoms. The molecular formula is C12H21F3N2S. The van der Waals surface area contributed by atoms with Crippen LogP contribution in [0.1, 0.15) is 32.6 Å². The monoisotopic (exact) mass is 282 g/mol. The SMILES string of the molecule is CC1CCCC(N(C)CC(C(N)=S)C(F)(F)F)C1. The summed E-state index contributed by atoms with van der Waals surface area (Å²) in [5.41, 5.74) is 5.21. The predicted molar refractivity (Wildman–Crippen MR) is 70.4 cm³/mol. The average molecular weight is 282 g/mol. The highest BCUT2D eigenvalue weighted by Crippen LogP contribution is 2.31. The normalized spacial score (nSPS) is 27.2. The zero-order valence-corrected chi connectivity index (χ0v) is 11.7. The lowest BCUT2D eigenvalue weighted by atomic mass is 9.86. The number of nitrogens with zero attached hydrogens (tertiary/aromatic N) is 1. The van der Waals surface area contributed by atoms with E-state index >= 15 is 0 Å². The molecule has 2 nitrogen and oxygen atoms in total. The first-order chi connectivity index (χ1) is 8.21. The number of thiocarbonyl (C=S) groups is 1. The Labute approximate surface area is 112 Å². The Kier molecular flexibility index (Phi) is 5.40. The molecule has 3 atom stereocenters. The van der Waals surface area contributed by atoms with Gasteiger partial charge in [-0.05, 0) is 25.8 Å². The first-order valence-electron chi connectivity index (χ1n) is 6.28. The second-order valence-electron chi connectivity index (χ2n) is 5.36. The van der Waals surface area contributed by atoms with Gasteiger partial charge in [-0.15, -0.1) is 0 Å². The van der Waals surface area contributed by atoms with E-state index in [9.17, 15) is 13.2 Å². The van der Waals surface area contributed by atoms with Gasteiger partial charge in [-0.1, -0.05) is 32.0 Å². The fraction of sp³-hybridized carbons (Fsp3) is 0.917. The lowest BCUT2D eigenvalue weighted by Crippen LogP contribution is -2.46. The lowest BCUT2D eigenvalue weighted by molar-refractivity contribution is -0.160. The second kappa shape index (κ2) is 6.19. The highest BCUT2D eigenvalue weighted by molar-refractivity contribution is 7.80. The smallest absolute Gasteiger partial charge is 0.393 e. The van der Waals surface area contributed by atoms with Crippen molar-refractivity contribution >= 4 is 17.2 Å². The number of nitrogens with two attached hydrogens (primary N) is 1. The van der Waals surface area contributed by atoms with E-state index in [0.717, 1.165) is 19.3 Å². The average Bonchev–Trinajstić information content (AvgIpc) is 2.23. The molecule has 0 radical (unpaired) electrons. The third kappa shape index (κ3) is 4.39. The molecule has 1 rings (SSSR count). The highest BCUT2D eigenvalue weighted by atomic mass is 32.1. The van der Waals surface area contributed by atoms with Gasteiger partial charge in [-0.2, -0.15) is 13.2 Å². The molecule has 0 aromatic carbocycles. The Morgan fingerprint density at radius 2 is 2.06 bits per heavy atom. The van der Waals surface area contributed by atoms with Gasteiger partial charge >= 0.3 is 6.18 Å². The molecule has 0 amide bonds. The van der Waals surface area contributed by atoms with E-state index in [4.69, 9.17) is 5.73 Å². The van der Waals surface area contributed by atoms with Crippen molar-refractivity contribution in [3.05, 3.63) is 0 Å². The molecule has 0 aliphatic heterocycles. The number of hydrogen-bond acceptors (Lipinski definition) is 2. The molecular weight excluding hydrogens is 261 g/mol. The topological polar surface area (TPSA) is 29.3 Å². The van der Waals surface area contributed by atoms with Gasteiger partial charge < -0.3 is 10.6 Å². The second-order valence-corrected chi connectivity index (χ2v) is 5.83. The van der Waals surface area contributed by atoms with Crippen molar-refractivity contribution in [1.82, 2.24) is 4.90 Å². The van der Waals surface area contributed by atoms with E-state index in [2.05, 4.69) is 19.1 Å². The fourth-order valence-electron chi connectivity index (χ4n) is 2.59. The van der Waals surface area contributed by atoms with Crippen LogP contribution in [0.5, 0.6) is 0 Å². The summed E-state index contributed by atoms with van der Waals surface area (Å²) in [4.78, 5) is 1.31. The molecule has 0 bridgehead atoms. The molecule has 1 aliphatic rings. The Morgan fingerprint density at radius 3 is 2.50 bits per heavy atom. The van der Waals surface area contributed by atoms with Gasteiger partial charge in [0.25, 0.3) is 0 Å². The molecule has 1 aliphatic carbocycles. The summed E-state index contributed by atoms with van der Waals surface area (Å²) in [5, 5.41) is 0. The van der Waals surface area contributed by atoms with Crippen LogP contribution in [0.4, 0.5) is 13.2 Å². The first-order valence-corrected chi connectivity index (χ1v) is 6.69. The summed E-state index contributed by atoms with van der Waals surface area (Å²) >= 11 is 4.54. The minimum atomic E-state index is -4.35. The van der Waals surface area contributed by atoms with Crippen LogP contribution >= 0.6 is 12.2 Å². The molecule has 0 aromatic rings. The third-order valence-electron chi connectivity index (χ3n) is 3.74. The van der Waals surface area contributed by atoms with E-state index < -0.39 is 17.1 Å². The zero-order valence-electron chi connectivity index (χ0n) is 10.8. The number of rotatable bonds is 4. The molecule has 0 spiro atoms. The van der Waals surface area contributed by atoms with Gasteiger partial charge in [-0.3, -0.25) is 0 Å². The summed E-state index contributed by atoms with van der Waals surface area (Å²) in [6.45, 7) is 2.02. The Hall–Kier alpha value is -0.360. The van der Waals surface area contributed by atoms with Crippen LogP contribution < -0.4 is 5.73 Å². The van der Waals surface area contributed by atoms with Crippen LogP contribution in [0, 0.1) is 11.8 Å². The highest BCUT2D eigenvalue weighted by Gasteiger charge is 2.43. The molecule has 3 unspecified atom stereocenters. The van der Waals surface area contributed by atoms with Gasteiger partial charge in [-0.25, -0.2) is 0 Å². The van der Waals surface area contributed by atoms with Crippen LogP contribution in [-0.4, -0.2) is 35.7 Å². The van der Waals surface area contributed by atoms with Crippen LogP contribution in [0.2, 0.25) is 0 Å². The van der Waals surface area contributed by atoms with E-state index in [1.165, 1.54) is 6.42 Å². The minimum absolute atomic E-state index is 0.129. The summed E-state index contributed by atoms with van der Waals surface area (Å²) in [5.74, 6) is -1.12. The fourth-order valence-corrected chi connectivity index (χ4v) is 2.80. The predicted octanol–water partition coefficient (Wildman–Crippen LogP) is 2.96. The number of halogens is 3. The van der Waals surface area contributed by atoms with Crippen molar-refractivity contribution in [3.8, 4) is 0 Å². The van der Waals surface area contributed by atoms with Gasteiger partial charge in [0.05, 0.1) is 4.99 Å². The third-order valence-corrected chi connectivity index (χ3v) is 4.03. The van der Waals surface area contributed by atoms with Crippen molar-refractivity contribution in [2.75, 3.05) is 13.6 Å². The van der Waals surface area contributed by atoms with Gasteiger partial charge in [0, 0.05) is 12.6 Å². The lowest BCUT2D eigenvalue weighted by Gasteiger charge is -2.36.